The lowest BCUT2D eigenvalue weighted by molar-refractivity contribution is 0.0277. The van der Waals surface area contributed by atoms with E-state index in [9.17, 15) is 0 Å². The molecule has 0 amide bonds. The van der Waals surface area contributed by atoms with Gasteiger partial charge in [-0.1, -0.05) is 43.5 Å². The largest absolute Gasteiger partial charge is 0.378 e. The first kappa shape index (κ1) is 24.7. The minimum absolute atomic E-state index is 0. The highest BCUT2D eigenvalue weighted by atomic mass is 127. The summed E-state index contributed by atoms with van der Waals surface area (Å²) in [5, 5.41) is 6.78. The van der Waals surface area contributed by atoms with Gasteiger partial charge in [0.2, 0.25) is 0 Å². The van der Waals surface area contributed by atoms with Gasteiger partial charge in [-0.15, -0.1) is 24.0 Å². The second-order valence-corrected chi connectivity index (χ2v) is 7.76. The summed E-state index contributed by atoms with van der Waals surface area (Å²) >= 11 is 0. The van der Waals surface area contributed by atoms with Crippen molar-refractivity contribution in [2.45, 2.75) is 64.6 Å². The Morgan fingerprint density at radius 1 is 1.20 bits per heavy atom. The Morgan fingerprint density at radius 3 is 2.73 bits per heavy atom. The molecule has 7 heteroatoms. The molecule has 3 rings (SSSR count). The monoisotopic (exact) mass is 525 g/mol. The standard InChI is InChI=1S/C23H35N5O.HI/c1-19-25-13-14-28(19)18-21-9-6-8-20(16-21)17-27-23(24-2)26-12-7-15-29-22-10-4-3-5-11-22;/h6,8-9,13-14,16,22H,3-5,7,10-12,15,17-18H2,1-2H3,(H2,24,26,27);1H. The number of hydrogen-bond acceptors (Lipinski definition) is 3. The molecule has 2 N–H and O–H groups in total. The molecule has 0 unspecified atom stereocenters. The van der Waals surface area contributed by atoms with Crippen LogP contribution in [0, 0.1) is 6.92 Å². The number of nitrogens with one attached hydrogen (secondary N) is 2. The van der Waals surface area contributed by atoms with Gasteiger partial charge in [0.15, 0.2) is 5.96 Å². The zero-order chi connectivity index (χ0) is 20.3. The van der Waals surface area contributed by atoms with E-state index in [1.807, 2.05) is 26.4 Å². The van der Waals surface area contributed by atoms with Crippen LogP contribution in [0.2, 0.25) is 0 Å². The Labute approximate surface area is 197 Å². The van der Waals surface area contributed by atoms with Gasteiger partial charge in [-0.05, 0) is 37.3 Å². The third-order valence-electron chi connectivity index (χ3n) is 5.47. The highest BCUT2D eigenvalue weighted by molar-refractivity contribution is 14.0. The molecule has 1 aliphatic rings. The lowest BCUT2D eigenvalue weighted by Crippen LogP contribution is -2.37. The fraction of sp³-hybridized carbons (Fsp3) is 0.565. The first-order valence-electron chi connectivity index (χ1n) is 10.9. The molecule has 1 aliphatic carbocycles. The number of hydrogen-bond donors (Lipinski definition) is 2. The molecule has 1 heterocycles. The maximum Gasteiger partial charge on any atom is 0.191 e. The number of aromatic nitrogens is 2. The second kappa shape index (κ2) is 13.6. The van der Waals surface area contributed by atoms with Crippen molar-refractivity contribution in [2.75, 3.05) is 20.2 Å². The van der Waals surface area contributed by atoms with Gasteiger partial charge in [-0.3, -0.25) is 4.99 Å². The molecule has 0 radical (unpaired) electrons. The number of benzene rings is 1. The molecule has 1 fully saturated rings. The summed E-state index contributed by atoms with van der Waals surface area (Å²) in [5.41, 5.74) is 2.51. The third kappa shape index (κ3) is 8.26. The highest BCUT2D eigenvalue weighted by Crippen LogP contribution is 2.20. The second-order valence-electron chi connectivity index (χ2n) is 7.76. The number of aliphatic imine (C=N–C) groups is 1. The molecular formula is C23H36IN5O. The van der Waals surface area contributed by atoms with E-state index in [0.717, 1.165) is 44.4 Å². The molecule has 166 valence electrons. The van der Waals surface area contributed by atoms with E-state index in [4.69, 9.17) is 4.74 Å². The maximum absolute atomic E-state index is 5.99. The molecule has 0 saturated heterocycles. The van der Waals surface area contributed by atoms with E-state index in [0.29, 0.717) is 6.10 Å². The van der Waals surface area contributed by atoms with Crippen LogP contribution in [0.3, 0.4) is 0 Å². The Kier molecular flexibility index (Phi) is 11.2. The quantitative estimate of drug-likeness (QED) is 0.222. The maximum atomic E-state index is 5.99. The Balaban J connectivity index is 0.00000320. The first-order valence-corrected chi connectivity index (χ1v) is 10.9. The fourth-order valence-corrected chi connectivity index (χ4v) is 3.77. The van der Waals surface area contributed by atoms with Crippen molar-refractivity contribution >= 4 is 29.9 Å². The van der Waals surface area contributed by atoms with Crippen molar-refractivity contribution in [1.29, 1.82) is 0 Å². The molecule has 1 aromatic heterocycles. The molecule has 1 saturated carbocycles. The summed E-state index contributed by atoms with van der Waals surface area (Å²) in [7, 11) is 1.81. The van der Waals surface area contributed by atoms with Gasteiger partial charge in [0.05, 0.1) is 6.10 Å². The summed E-state index contributed by atoms with van der Waals surface area (Å²) in [4.78, 5) is 8.62. The SMILES string of the molecule is CN=C(NCCCOC1CCCCC1)NCc1cccc(Cn2ccnc2C)c1.I. The number of halogens is 1. The Morgan fingerprint density at radius 2 is 2.00 bits per heavy atom. The number of rotatable bonds is 9. The van der Waals surface area contributed by atoms with Crippen LogP contribution in [-0.2, 0) is 17.8 Å². The van der Waals surface area contributed by atoms with Crippen LogP contribution in [0.1, 0.15) is 55.5 Å². The molecule has 1 aromatic carbocycles. The van der Waals surface area contributed by atoms with E-state index in [1.165, 1.54) is 43.2 Å². The number of nitrogens with zero attached hydrogens (tertiary/aromatic N) is 3. The highest BCUT2D eigenvalue weighted by Gasteiger charge is 2.13. The van der Waals surface area contributed by atoms with Crippen molar-refractivity contribution in [3.05, 3.63) is 53.6 Å². The number of aryl methyl sites for hydroxylation is 1. The molecular weight excluding hydrogens is 489 g/mol. The fourth-order valence-electron chi connectivity index (χ4n) is 3.77. The molecule has 0 bridgehead atoms. The van der Waals surface area contributed by atoms with Crippen molar-refractivity contribution in [2.24, 2.45) is 4.99 Å². The van der Waals surface area contributed by atoms with Crippen LogP contribution in [0.4, 0.5) is 0 Å². The lowest BCUT2D eigenvalue weighted by atomic mass is 9.98. The summed E-state index contributed by atoms with van der Waals surface area (Å²) in [6, 6.07) is 8.64. The van der Waals surface area contributed by atoms with Crippen LogP contribution in [0.25, 0.3) is 0 Å². The van der Waals surface area contributed by atoms with Crippen molar-refractivity contribution in [3.63, 3.8) is 0 Å². The zero-order valence-corrected chi connectivity index (χ0v) is 20.6. The molecule has 2 aromatic rings. The summed E-state index contributed by atoms with van der Waals surface area (Å²) in [5.74, 6) is 1.86. The Hall–Kier alpha value is -1.61. The summed E-state index contributed by atoms with van der Waals surface area (Å²) in [6.07, 6.45) is 11.8. The van der Waals surface area contributed by atoms with Crippen LogP contribution in [0.15, 0.2) is 41.7 Å². The van der Waals surface area contributed by atoms with E-state index >= 15 is 0 Å². The average Bonchev–Trinajstić information content (AvgIpc) is 3.15. The Bertz CT molecular complexity index is 770. The predicted molar refractivity (Wildman–Crippen MR) is 134 cm³/mol. The van der Waals surface area contributed by atoms with Crippen molar-refractivity contribution in [1.82, 2.24) is 20.2 Å². The normalized spacial score (nSPS) is 14.9. The third-order valence-corrected chi connectivity index (χ3v) is 5.47. The van der Waals surface area contributed by atoms with Crippen LogP contribution in [-0.4, -0.2) is 41.8 Å². The van der Waals surface area contributed by atoms with Gasteiger partial charge >= 0.3 is 0 Å². The van der Waals surface area contributed by atoms with Gasteiger partial charge < -0.3 is 19.9 Å². The predicted octanol–water partition coefficient (Wildman–Crippen LogP) is 4.26. The smallest absolute Gasteiger partial charge is 0.191 e. The van der Waals surface area contributed by atoms with Gasteiger partial charge in [0.25, 0.3) is 0 Å². The molecule has 0 spiro atoms. The zero-order valence-electron chi connectivity index (χ0n) is 18.3. The van der Waals surface area contributed by atoms with Crippen molar-refractivity contribution in [3.8, 4) is 0 Å². The van der Waals surface area contributed by atoms with Gasteiger partial charge in [-0.25, -0.2) is 4.98 Å². The number of ether oxygens (including phenoxy) is 1. The van der Waals surface area contributed by atoms with Crippen molar-refractivity contribution < 1.29 is 4.74 Å². The van der Waals surface area contributed by atoms with E-state index < -0.39 is 0 Å². The first-order chi connectivity index (χ1) is 14.2. The van der Waals surface area contributed by atoms with Crippen LogP contribution >= 0.6 is 24.0 Å². The van der Waals surface area contributed by atoms with E-state index in [2.05, 4.69) is 49.4 Å². The van der Waals surface area contributed by atoms with E-state index in [1.54, 1.807) is 0 Å². The van der Waals surface area contributed by atoms with Crippen LogP contribution < -0.4 is 10.6 Å². The van der Waals surface area contributed by atoms with Gasteiger partial charge in [-0.2, -0.15) is 0 Å². The number of imidazole rings is 1. The summed E-state index contributed by atoms with van der Waals surface area (Å²) < 4.78 is 8.14. The minimum Gasteiger partial charge on any atom is -0.378 e. The van der Waals surface area contributed by atoms with Crippen LogP contribution in [0.5, 0.6) is 0 Å². The lowest BCUT2D eigenvalue weighted by Gasteiger charge is -2.22. The van der Waals surface area contributed by atoms with Gasteiger partial charge in [0, 0.05) is 45.7 Å². The molecule has 0 atom stereocenters. The number of guanidine groups is 1. The summed E-state index contributed by atoms with van der Waals surface area (Å²) in [6.45, 7) is 5.31. The molecule has 6 nitrogen and oxygen atoms in total. The molecule has 0 aliphatic heterocycles. The molecule has 30 heavy (non-hydrogen) atoms. The van der Waals surface area contributed by atoms with Gasteiger partial charge in [0.1, 0.15) is 5.82 Å². The minimum atomic E-state index is 0. The average molecular weight is 525 g/mol. The van der Waals surface area contributed by atoms with E-state index in [-0.39, 0.29) is 24.0 Å². The topological polar surface area (TPSA) is 63.5 Å².